The number of hydrogen-bond acceptors (Lipinski definition) is 7. The number of anilines is 1. The van der Waals surface area contributed by atoms with Crippen molar-refractivity contribution in [1.82, 2.24) is 9.97 Å². The Morgan fingerprint density at radius 2 is 2.37 bits per heavy atom. The minimum Gasteiger partial charge on any atom is -0.480 e. The lowest BCUT2D eigenvalue weighted by Crippen LogP contribution is -2.21. The largest absolute Gasteiger partial charge is 0.480 e. The molecule has 0 bridgehead atoms. The molecule has 4 N–H and O–H groups in total. The van der Waals surface area contributed by atoms with Crippen molar-refractivity contribution in [3.05, 3.63) is 27.7 Å². The molecule has 2 rings (SSSR count). The van der Waals surface area contributed by atoms with E-state index in [2.05, 4.69) is 22.2 Å². The molecule has 0 amide bonds. The van der Waals surface area contributed by atoms with E-state index in [9.17, 15) is 4.79 Å². The van der Waals surface area contributed by atoms with Crippen LogP contribution >= 0.6 is 22.7 Å². The van der Waals surface area contributed by atoms with Crippen molar-refractivity contribution in [3.63, 3.8) is 0 Å². The fraction of sp³-hybridized carbons (Fsp3) is 0.364. The molecule has 2 aromatic heterocycles. The van der Waals surface area contributed by atoms with Gasteiger partial charge in [-0.1, -0.05) is 6.92 Å². The number of carbonyl (C=O) groups is 1. The Morgan fingerprint density at radius 1 is 1.58 bits per heavy atom. The van der Waals surface area contributed by atoms with Gasteiger partial charge in [-0.05, 0) is 6.42 Å². The van der Waals surface area contributed by atoms with E-state index in [0.29, 0.717) is 10.8 Å². The number of rotatable bonds is 6. The molecule has 8 heteroatoms. The Morgan fingerprint density at radius 3 is 2.95 bits per heavy atom. The highest BCUT2D eigenvalue weighted by Crippen LogP contribution is 2.27. The quantitative estimate of drug-likeness (QED) is 0.756. The third kappa shape index (κ3) is 3.28. The Hall–Kier alpha value is -1.51. The molecule has 6 nitrogen and oxygen atoms in total. The van der Waals surface area contributed by atoms with E-state index in [1.54, 1.807) is 22.9 Å². The van der Waals surface area contributed by atoms with Crippen LogP contribution in [0.1, 0.15) is 36.1 Å². The molecule has 0 radical (unpaired) electrons. The molecule has 102 valence electrons. The fourth-order valence-electron chi connectivity index (χ4n) is 1.52. The van der Waals surface area contributed by atoms with Crippen LogP contribution in [0.15, 0.2) is 17.0 Å². The van der Waals surface area contributed by atoms with E-state index < -0.39 is 12.0 Å². The molecule has 2 unspecified atom stereocenters. The van der Waals surface area contributed by atoms with Crippen LogP contribution in [-0.2, 0) is 4.79 Å². The van der Waals surface area contributed by atoms with Gasteiger partial charge in [-0.25, -0.2) is 9.97 Å². The van der Waals surface area contributed by atoms with Crippen molar-refractivity contribution in [3.8, 4) is 0 Å². The first-order valence-corrected chi connectivity index (χ1v) is 7.47. The summed E-state index contributed by atoms with van der Waals surface area (Å²) in [7, 11) is 0. The molecule has 19 heavy (non-hydrogen) atoms. The Kier molecular flexibility index (Phi) is 4.46. The van der Waals surface area contributed by atoms with Gasteiger partial charge >= 0.3 is 5.97 Å². The lowest BCUT2D eigenvalue weighted by atomic mass is 10.2. The molecule has 2 heterocycles. The maximum Gasteiger partial charge on any atom is 0.326 e. The summed E-state index contributed by atoms with van der Waals surface area (Å²) in [4.78, 5) is 19.3. The minimum absolute atomic E-state index is 0.0834. The van der Waals surface area contributed by atoms with Gasteiger partial charge in [0.15, 0.2) is 5.13 Å². The van der Waals surface area contributed by atoms with Gasteiger partial charge in [-0.15, -0.1) is 22.7 Å². The zero-order chi connectivity index (χ0) is 13.8. The van der Waals surface area contributed by atoms with Gasteiger partial charge < -0.3 is 16.2 Å². The number of aliphatic carboxylic acids is 1. The number of carboxylic acids is 1. The van der Waals surface area contributed by atoms with E-state index >= 15 is 0 Å². The van der Waals surface area contributed by atoms with Gasteiger partial charge in [0.05, 0.1) is 11.7 Å². The highest BCUT2D eigenvalue weighted by Gasteiger charge is 2.19. The van der Waals surface area contributed by atoms with Crippen LogP contribution in [0.4, 0.5) is 5.13 Å². The molecule has 0 fully saturated rings. The number of nitrogens with one attached hydrogen (secondary N) is 1. The van der Waals surface area contributed by atoms with Crippen molar-refractivity contribution in [1.29, 1.82) is 0 Å². The standard InChI is InChI=1S/C11H14N4O2S2/c1-2-6(9-13-3-4-18-9)14-11-15-7(5-19-11)8(12)10(16)17/h3-6,8H,2,12H2,1H3,(H,14,15)(H,16,17). The molecular formula is C11H14N4O2S2. The summed E-state index contributed by atoms with van der Waals surface area (Å²) < 4.78 is 0. The summed E-state index contributed by atoms with van der Waals surface area (Å²) in [6.45, 7) is 2.05. The van der Waals surface area contributed by atoms with Gasteiger partial charge in [-0.2, -0.15) is 0 Å². The molecule has 0 spiro atoms. The normalized spacial score (nSPS) is 14.0. The second-order valence-corrected chi connectivity index (χ2v) is 5.65. The third-order valence-corrected chi connectivity index (χ3v) is 4.24. The van der Waals surface area contributed by atoms with Crippen LogP contribution in [0.5, 0.6) is 0 Å². The van der Waals surface area contributed by atoms with Gasteiger partial charge in [-0.3, -0.25) is 4.79 Å². The predicted octanol–water partition coefficient (Wildman–Crippen LogP) is 2.25. The van der Waals surface area contributed by atoms with Crippen LogP contribution in [0.3, 0.4) is 0 Å². The first kappa shape index (κ1) is 13.9. The molecule has 0 saturated heterocycles. The summed E-state index contributed by atoms with van der Waals surface area (Å²) in [5.74, 6) is -1.08. The minimum atomic E-state index is -1.08. The smallest absolute Gasteiger partial charge is 0.326 e. The highest BCUT2D eigenvalue weighted by atomic mass is 32.1. The van der Waals surface area contributed by atoms with Crippen molar-refractivity contribution >= 4 is 33.8 Å². The van der Waals surface area contributed by atoms with Crippen LogP contribution in [0.25, 0.3) is 0 Å². The van der Waals surface area contributed by atoms with Crippen molar-refractivity contribution < 1.29 is 9.90 Å². The zero-order valence-corrected chi connectivity index (χ0v) is 11.9. The van der Waals surface area contributed by atoms with Gasteiger partial charge in [0.1, 0.15) is 11.0 Å². The lowest BCUT2D eigenvalue weighted by Gasteiger charge is -2.13. The number of nitrogens with two attached hydrogens (primary N) is 1. The van der Waals surface area contributed by atoms with Crippen molar-refractivity contribution in [2.75, 3.05) is 5.32 Å². The molecule has 2 atom stereocenters. The summed E-state index contributed by atoms with van der Waals surface area (Å²) in [6, 6.07) is -0.994. The summed E-state index contributed by atoms with van der Waals surface area (Å²) in [5, 5.41) is 17.3. The van der Waals surface area contributed by atoms with Crippen LogP contribution in [-0.4, -0.2) is 21.0 Å². The predicted molar refractivity (Wildman–Crippen MR) is 75.4 cm³/mol. The second kappa shape index (κ2) is 6.09. The van der Waals surface area contributed by atoms with Gasteiger partial charge in [0.25, 0.3) is 0 Å². The molecule has 0 aliphatic rings. The number of hydrogen-bond donors (Lipinski definition) is 3. The lowest BCUT2D eigenvalue weighted by molar-refractivity contribution is -0.138. The third-order valence-electron chi connectivity index (χ3n) is 2.56. The number of nitrogens with zero attached hydrogens (tertiary/aromatic N) is 2. The molecule has 0 aliphatic heterocycles. The van der Waals surface area contributed by atoms with E-state index in [-0.39, 0.29) is 6.04 Å². The first-order chi connectivity index (χ1) is 9.11. The molecule has 0 aromatic carbocycles. The van der Waals surface area contributed by atoms with Crippen molar-refractivity contribution in [2.45, 2.75) is 25.4 Å². The average Bonchev–Trinajstić information content (AvgIpc) is 3.06. The van der Waals surface area contributed by atoms with E-state index in [4.69, 9.17) is 10.8 Å². The SMILES string of the molecule is CCC(Nc1nc(C(N)C(=O)O)cs1)c1nccs1. The summed E-state index contributed by atoms with van der Waals surface area (Å²) in [5.41, 5.74) is 5.89. The number of carboxylic acid groups (broad SMARTS) is 1. The maximum absolute atomic E-state index is 10.8. The average molecular weight is 298 g/mol. The van der Waals surface area contributed by atoms with Gasteiger partial charge in [0, 0.05) is 17.0 Å². The summed E-state index contributed by atoms with van der Waals surface area (Å²) in [6.07, 6.45) is 2.63. The molecule has 2 aromatic rings. The first-order valence-electron chi connectivity index (χ1n) is 5.71. The van der Waals surface area contributed by atoms with Crippen molar-refractivity contribution in [2.24, 2.45) is 5.73 Å². The molecular weight excluding hydrogens is 284 g/mol. The number of aromatic nitrogens is 2. The van der Waals surface area contributed by atoms with Crippen LogP contribution in [0, 0.1) is 0 Å². The second-order valence-electron chi connectivity index (χ2n) is 3.87. The van der Waals surface area contributed by atoms with Crippen LogP contribution in [0.2, 0.25) is 0 Å². The van der Waals surface area contributed by atoms with E-state index in [1.807, 2.05) is 5.38 Å². The molecule has 0 saturated carbocycles. The fourth-order valence-corrected chi connectivity index (χ4v) is 3.09. The van der Waals surface area contributed by atoms with E-state index in [0.717, 1.165) is 11.4 Å². The Bertz CT molecular complexity index is 541. The monoisotopic (exact) mass is 298 g/mol. The highest BCUT2D eigenvalue weighted by molar-refractivity contribution is 7.13. The molecule has 0 aliphatic carbocycles. The summed E-state index contributed by atoms with van der Waals surface area (Å²) >= 11 is 2.92. The zero-order valence-electron chi connectivity index (χ0n) is 10.2. The van der Waals surface area contributed by atoms with E-state index in [1.165, 1.54) is 11.3 Å². The van der Waals surface area contributed by atoms with Crippen LogP contribution < -0.4 is 11.1 Å². The Balaban J connectivity index is 2.09. The maximum atomic E-state index is 10.8. The Labute approximate surface area is 118 Å². The topological polar surface area (TPSA) is 101 Å². The number of thiazole rings is 2. The van der Waals surface area contributed by atoms with Gasteiger partial charge in [0.2, 0.25) is 0 Å².